The quantitative estimate of drug-likeness (QED) is 0.819. The Kier molecular flexibility index (Phi) is 4.62. The van der Waals surface area contributed by atoms with E-state index in [0.29, 0.717) is 19.4 Å². The number of hydrogen-bond donors (Lipinski definition) is 2. The molecule has 2 N–H and O–H groups in total. The van der Waals surface area contributed by atoms with Gasteiger partial charge in [-0.2, -0.15) is 0 Å². The van der Waals surface area contributed by atoms with Crippen molar-refractivity contribution in [3.05, 3.63) is 64.7 Å². The van der Waals surface area contributed by atoms with Gasteiger partial charge in [0, 0.05) is 12.2 Å². The van der Waals surface area contributed by atoms with E-state index in [4.69, 9.17) is 0 Å². The SMILES string of the molecule is Cc1cccc(CNC(=O)C2(C(=O)Nc3ccc(C)c(C)c3)CC2)c1. The van der Waals surface area contributed by atoms with Gasteiger partial charge in [-0.3, -0.25) is 9.59 Å². The Labute approximate surface area is 148 Å². The van der Waals surface area contributed by atoms with Crippen LogP contribution in [-0.2, 0) is 16.1 Å². The maximum Gasteiger partial charge on any atom is 0.240 e. The van der Waals surface area contributed by atoms with Crippen LogP contribution in [-0.4, -0.2) is 11.8 Å². The van der Waals surface area contributed by atoms with Crippen LogP contribution in [0.2, 0.25) is 0 Å². The number of rotatable bonds is 5. The molecule has 0 unspecified atom stereocenters. The number of nitrogens with one attached hydrogen (secondary N) is 2. The topological polar surface area (TPSA) is 58.2 Å². The molecule has 3 rings (SSSR count). The van der Waals surface area contributed by atoms with Gasteiger partial charge in [0.15, 0.2) is 0 Å². The van der Waals surface area contributed by atoms with Crippen molar-refractivity contribution < 1.29 is 9.59 Å². The molecule has 2 amide bonds. The highest BCUT2D eigenvalue weighted by molar-refractivity contribution is 6.13. The minimum absolute atomic E-state index is 0.185. The summed E-state index contributed by atoms with van der Waals surface area (Å²) in [6.45, 7) is 6.50. The Morgan fingerprint density at radius 1 is 0.960 bits per heavy atom. The van der Waals surface area contributed by atoms with Gasteiger partial charge in [0.05, 0.1) is 0 Å². The van der Waals surface area contributed by atoms with Crippen molar-refractivity contribution in [1.29, 1.82) is 0 Å². The predicted molar refractivity (Wildman–Crippen MR) is 99.2 cm³/mol. The highest BCUT2D eigenvalue weighted by atomic mass is 16.2. The van der Waals surface area contributed by atoms with Gasteiger partial charge in [0.2, 0.25) is 11.8 Å². The lowest BCUT2D eigenvalue weighted by atomic mass is 10.0. The van der Waals surface area contributed by atoms with Crippen LogP contribution >= 0.6 is 0 Å². The number of benzene rings is 2. The molecule has 0 spiro atoms. The van der Waals surface area contributed by atoms with Crippen molar-refractivity contribution in [3.8, 4) is 0 Å². The number of anilines is 1. The molecule has 0 aliphatic heterocycles. The van der Waals surface area contributed by atoms with E-state index in [0.717, 1.165) is 22.4 Å². The van der Waals surface area contributed by atoms with Gasteiger partial charge in [-0.1, -0.05) is 35.9 Å². The van der Waals surface area contributed by atoms with E-state index in [9.17, 15) is 9.59 Å². The van der Waals surface area contributed by atoms with Crippen LogP contribution in [0.3, 0.4) is 0 Å². The van der Waals surface area contributed by atoms with Gasteiger partial charge >= 0.3 is 0 Å². The molecule has 0 heterocycles. The highest BCUT2D eigenvalue weighted by Gasteiger charge is 2.56. The second-order valence-electron chi connectivity index (χ2n) is 7.01. The third kappa shape index (κ3) is 3.73. The largest absolute Gasteiger partial charge is 0.351 e. The number of hydrogen-bond acceptors (Lipinski definition) is 2. The first-order chi connectivity index (χ1) is 11.9. The van der Waals surface area contributed by atoms with Gasteiger partial charge in [-0.25, -0.2) is 0 Å². The standard InChI is InChI=1S/C21H24N2O2/c1-14-5-4-6-17(11-14)13-22-19(24)21(9-10-21)20(25)23-18-8-7-15(2)16(3)12-18/h4-8,11-12H,9-10,13H2,1-3H3,(H,22,24)(H,23,25). The summed E-state index contributed by atoms with van der Waals surface area (Å²) >= 11 is 0. The van der Waals surface area contributed by atoms with E-state index in [1.54, 1.807) is 0 Å². The molecule has 1 fully saturated rings. The Bertz CT molecular complexity index is 822. The van der Waals surface area contributed by atoms with E-state index in [1.807, 2.05) is 63.2 Å². The van der Waals surface area contributed by atoms with Crippen LogP contribution in [0.25, 0.3) is 0 Å². The van der Waals surface area contributed by atoms with E-state index >= 15 is 0 Å². The van der Waals surface area contributed by atoms with Crippen molar-refractivity contribution in [2.75, 3.05) is 5.32 Å². The van der Waals surface area contributed by atoms with Crippen molar-refractivity contribution in [2.24, 2.45) is 5.41 Å². The molecule has 2 aromatic rings. The molecule has 0 aromatic heterocycles. The molecule has 0 bridgehead atoms. The number of aryl methyl sites for hydroxylation is 3. The van der Waals surface area contributed by atoms with E-state index in [-0.39, 0.29) is 11.8 Å². The first-order valence-corrected chi connectivity index (χ1v) is 8.63. The maximum absolute atomic E-state index is 12.6. The van der Waals surface area contributed by atoms with Gasteiger partial charge in [0.25, 0.3) is 0 Å². The Hall–Kier alpha value is -2.62. The third-order valence-electron chi connectivity index (χ3n) is 4.92. The lowest BCUT2D eigenvalue weighted by Gasteiger charge is -2.16. The zero-order valence-electron chi connectivity index (χ0n) is 15.0. The van der Waals surface area contributed by atoms with Crippen LogP contribution in [0, 0.1) is 26.2 Å². The minimum atomic E-state index is -0.914. The molecule has 25 heavy (non-hydrogen) atoms. The fourth-order valence-electron chi connectivity index (χ4n) is 2.93. The predicted octanol–water partition coefficient (Wildman–Crippen LogP) is 3.65. The van der Waals surface area contributed by atoms with Crippen molar-refractivity contribution >= 4 is 17.5 Å². The summed E-state index contributed by atoms with van der Waals surface area (Å²) in [5, 5.41) is 5.82. The lowest BCUT2D eigenvalue weighted by Crippen LogP contribution is -2.39. The average Bonchev–Trinajstić information content (AvgIpc) is 3.38. The van der Waals surface area contributed by atoms with E-state index < -0.39 is 5.41 Å². The van der Waals surface area contributed by atoms with Gasteiger partial charge in [-0.15, -0.1) is 0 Å². The summed E-state index contributed by atoms with van der Waals surface area (Å²) in [7, 11) is 0. The molecule has 0 saturated heterocycles. The number of carbonyl (C=O) groups excluding carboxylic acids is 2. The molecule has 0 radical (unpaired) electrons. The second-order valence-corrected chi connectivity index (χ2v) is 7.01. The summed E-state index contributed by atoms with van der Waals surface area (Å²) in [5.41, 5.74) is 4.31. The molecule has 0 atom stereocenters. The van der Waals surface area contributed by atoms with Crippen molar-refractivity contribution in [2.45, 2.75) is 40.2 Å². The first-order valence-electron chi connectivity index (χ1n) is 8.63. The molecular formula is C21H24N2O2. The molecule has 1 saturated carbocycles. The summed E-state index contributed by atoms with van der Waals surface area (Å²) < 4.78 is 0. The third-order valence-corrected chi connectivity index (χ3v) is 4.92. The Balaban J connectivity index is 1.63. The number of amides is 2. The van der Waals surface area contributed by atoms with Crippen molar-refractivity contribution in [1.82, 2.24) is 5.32 Å². The van der Waals surface area contributed by atoms with Crippen molar-refractivity contribution in [3.63, 3.8) is 0 Å². The normalized spacial score (nSPS) is 14.7. The summed E-state index contributed by atoms with van der Waals surface area (Å²) in [6.07, 6.45) is 1.20. The molecule has 1 aliphatic rings. The zero-order chi connectivity index (χ0) is 18.0. The smallest absolute Gasteiger partial charge is 0.240 e. The monoisotopic (exact) mass is 336 g/mol. The minimum Gasteiger partial charge on any atom is -0.351 e. The Morgan fingerprint density at radius 2 is 1.72 bits per heavy atom. The summed E-state index contributed by atoms with van der Waals surface area (Å²) in [4.78, 5) is 25.2. The maximum atomic E-state index is 12.6. The van der Waals surface area contributed by atoms with Gasteiger partial charge in [-0.05, 0) is 62.4 Å². The molecule has 4 heteroatoms. The van der Waals surface area contributed by atoms with Gasteiger partial charge < -0.3 is 10.6 Å². The van der Waals surface area contributed by atoms with E-state index in [2.05, 4.69) is 10.6 Å². The van der Waals surface area contributed by atoms with Gasteiger partial charge in [0.1, 0.15) is 5.41 Å². The Morgan fingerprint density at radius 3 is 2.36 bits per heavy atom. The fraction of sp³-hybridized carbons (Fsp3) is 0.333. The number of carbonyl (C=O) groups is 2. The molecule has 4 nitrogen and oxygen atoms in total. The molecule has 2 aromatic carbocycles. The average molecular weight is 336 g/mol. The van der Waals surface area contributed by atoms with Crippen LogP contribution in [0.4, 0.5) is 5.69 Å². The molecular weight excluding hydrogens is 312 g/mol. The fourth-order valence-corrected chi connectivity index (χ4v) is 2.93. The zero-order valence-corrected chi connectivity index (χ0v) is 15.0. The second kappa shape index (κ2) is 6.71. The van der Waals surface area contributed by atoms with Crippen LogP contribution in [0.15, 0.2) is 42.5 Å². The summed E-state index contributed by atoms with van der Waals surface area (Å²) in [6, 6.07) is 13.8. The first kappa shape index (κ1) is 17.2. The summed E-state index contributed by atoms with van der Waals surface area (Å²) in [5.74, 6) is -0.396. The van der Waals surface area contributed by atoms with Crippen LogP contribution < -0.4 is 10.6 Å². The highest BCUT2D eigenvalue weighted by Crippen LogP contribution is 2.47. The molecule has 130 valence electrons. The van der Waals surface area contributed by atoms with Crippen LogP contribution in [0.1, 0.15) is 35.1 Å². The van der Waals surface area contributed by atoms with E-state index in [1.165, 1.54) is 5.56 Å². The molecule has 1 aliphatic carbocycles. The van der Waals surface area contributed by atoms with Crippen LogP contribution in [0.5, 0.6) is 0 Å². The lowest BCUT2D eigenvalue weighted by molar-refractivity contribution is -0.134.